The molecule has 0 aliphatic heterocycles. The van der Waals surface area contributed by atoms with Crippen LogP contribution in [0.25, 0.3) is 11.1 Å². The van der Waals surface area contributed by atoms with Crippen LogP contribution in [-0.2, 0) is 0 Å². The molecule has 1 nitrogen and oxygen atoms in total. The molecule has 2 aromatic heterocycles. The van der Waals surface area contributed by atoms with Gasteiger partial charge in [-0.05, 0) is 124 Å². The second-order valence-electron chi connectivity index (χ2n) is 7.89. The largest absolute Gasteiger partial charge is 0.320 e. The molecule has 0 aliphatic rings. The van der Waals surface area contributed by atoms with Gasteiger partial charge in [-0.3, -0.25) is 0 Å². The zero-order valence-corrected chi connectivity index (χ0v) is 17.8. The van der Waals surface area contributed by atoms with Crippen molar-refractivity contribution in [1.29, 1.82) is 0 Å². The molecule has 0 saturated heterocycles. The van der Waals surface area contributed by atoms with Crippen molar-refractivity contribution < 1.29 is 0 Å². The third-order valence-corrected chi connectivity index (χ3v) is 6.90. The van der Waals surface area contributed by atoms with Gasteiger partial charge in [-0.1, -0.05) is 6.58 Å². The maximum Gasteiger partial charge on any atom is 0.0563 e. The number of nitrogens with zero attached hydrogens (tertiary/aromatic N) is 1. The normalized spacial score (nSPS) is 11.4. The van der Waals surface area contributed by atoms with E-state index in [9.17, 15) is 0 Å². The van der Waals surface area contributed by atoms with Crippen LogP contribution >= 0.6 is 0 Å². The van der Waals surface area contributed by atoms with E-state index in [2.05, 4.69) is 85.6 Å². The van der Waals surface area contributed by atoms with Crippen molar-refractivity contribution in [2.45, 2.75) is 62.3 Å². The van der Waals surface area contributed by atoms with Crippen LogP contribution in [0, 0.1) is 62.3 Å². The van der Waals surface area contributed by atoms with Gasteiger partial charge in [-0.2, -0.15) is 0 Å². The van der Waals surface area contributed by atoms with Gasteiger partial charge in [-0.25, -0.2) is 0 Å². The Labute approximate surface area is 158 Å². The molecule has 1 heteroatoms. The molecule has 0 spiro atoms. The minimum absolute atomic E-state index is 1.14. The third kappa shape index (κ3) is 2.37. The Morgan fingerprint density at radius 3 is 1.65 bits per heavy atom. The number of fused-ring (bicyclic) bond motifs is 1. The molecule has 3 rings (SSSR count). The van der Waals surface area contributed by atoms with E-state index in [1.54, 1.807) is 0 Å². The van der Waals surface area contributed by atoms with Gasteiger partial charge >= 0.3 is 0 Å². The highest BCUT2D eigenvalue weighted by Crippen LogP contribution is 2.37. The highest BCUT2D eigenvalue weighted by molar-refractivity contribution is 5.91. The lowest BCUT2D eigenvalue weighted by Crippen LogP contribution is -2.04. The second kappa shape index (κ2) is 6.16. The highest BCUT2D eigenvalue weighted by Gasteiger charge is 2.19. The number of benzene rings is 1. The molecule has 0 radical (unpaired) electrons. The fourth-order valence-electron chi connectivity index (χ4n) is 4.34. The lowest BCUT2D eigenvalue weighted by atomic mass is 9.84. The number of aryl methyl sites for hydroxylation is 2. The van der Waals surface area contributed by atoms with Crippen LogP contribution in [0.5, 0.6) is 0 Å². The van der Waals surface area contributed by atoms with Gasteiger partial charge in [-0.15, -0.1) is 0 Å². The van der Waals surface area contributed by atoms with E-state index in [-0.39, 0.29) is 0 Å². The topological polar surface area (TPSA) is 4.41 Å². The van der Waals surface area contributed by atoms with Crippen molar-refractivity contribution >= 4 is 11.1 Å². The Hall–Kier alpha value is -2.28. The van der Waals surface area contributed by atoms with Gasteiger partial charge in [0.05, 0.1) is 5.52 Å². The average molecular weight is 346 g/mol. The molecule has 26 heavy (non-hydrogen) atoms. The molecule has 136 valence electrons. The maximum absolute atomic E-state index is 4.56. The Kier molecular flexibility index (Phi) is 4.38. The van der Waals surface area contributed by atoms with Crippen LogP contribution in [0.15, 0.2) is 18.8 Å². The van der Waals surface area contributed by atoms with E-state index >= 15 is 0 Å². The molecule has 2 heterocycles. The molecule has 0 unspecified atom stereocenters. The lowest BCUT2D eigenvalue weighted by molar-refractivity contribution is 1.04. The SMILES string of the molecule is C=C(c1c(C)c(C)c(C)c(C)c1C)c1ccn2c(C)c(C)c(C)c(C)c12. The smallest absolute Gasteiger partial charge is 0.0563 e. The fourth-order valence-corrected chi connectivity index (χ4v) is 4.34. The highest BCUT2D eigenvalue weighted by atomic mass is 14.9. The first kappa shape index (κ1) is 18.5. The standard InChI is InChI=1S/C25H31N/c1-13-14(2)18(6)24(19(7)15(13)3)21(9)23-11-12-26-22(10)17(5)16(4)20(8)25(23)26/h11-12H,9H2,1-8,10H3. The molecule has 0 aliphatic carbocycles. The molecule has 0 saturated carbocycles. The van der Waals surface area contributed by atoms with Crippen LogP contribution in [0.1, 0.15) is 61.3 Å². The number of rotatable bonds is 2. The first-order chi connectivity index (χ1) is 12.1. The molecular weight excluding hydrogens is 314 g/mol. The summed E-state index contributed by atoms with van der Waals surface area (Å²) in [5.41, 5.74) is 17.3. The predicted octanol–water partition coefficient (Wildman–Crippen LogP) is 6.78. The lowest BCUT2D eigenvalue weighted by Gasteiger charge is -2.21. The summed E-state index contributed by atoms with van der Waals surface area (Å²) in [7, 11) is 0. The van der Waals surface area contributed by atoms with Crippen LogP contribution < -0.4 is 0 Å². The predicted molar refractivity (Wildman–Crippen MR) is 115 cm³/mol. The summed E-state index contributed by atoms with van der Waals surface area (Å²) >= 11 is 0. The molecule has 0 bridgehead atoms. The Balaban J connectivity index is 2.36. The molecule has 3 aromatic rings. The first-order valence-electron chi connectivity index (χ1n) is 9.43. The molecular formula is C25H31N. The number of pyridine rings is 1. The Morgan fingerprint density at radius 1 is 0.654 bits per heavy atom. The second-order valence-corrected chi connectivity index (χ2v) is 7.89. The van der Waals surface area contributed by atoms with Crippen LogP contribution in [-0.4, -0.2) is 4.40 Å². The third-order valence-electron chi connectivity index (χ3n) is 6.90. The summed E-state index contributed by atoms with van der Waals surface area (Å²) in [6, 6.07) is 2.24. The summed E-state index contributed by atoms with van der Waals surface area (Å²) in [5.74, 6) is 0. The Bertz CT molecular complexity index is 1040. The van der Waals surface area contributed by atoms with Crippen molar-refractivity contribution in [2.24, 2.45) is 0 Å². The molecule has 1 aromatic carbocycles. The molecule has 0 atom stereocenters. The van der Waals surface area contributed by atoms with Crippen molar-refractivity contribution in [1.82, 2.24) is 4.40 Å². The van der Waals surface area contributed by atoms with Gasteiger partial charge in [0.1, 0.15) is 0 Å². The fraction of sp³-hybridized carbons (Fsp3) is 0.360. The summed E-state index contributed by atoms with van der Waals surface area (Å²) in [5, 5.41) is 0. The van der Waals surface area contributed by atoms with Crippen molar-refractivity contribution in [2.75, 3.05) is 0 Å². The number of hydrogen-bond acceptors (Lipinski definition) is 0. The minimum Gasteiger partial charge on any atom is -0.320 e. The zero-order valence-electron chi connectivity index (χ0n) is 17.8. The summed E-state index contributed by atoms with van der Waals surface area (Å²) in [4.78, 5) is 0. The molecule has 0 N–H and O–H groups in total. The minimum atomic E-state index is 1.14. The molecule has 0 amide bonds. The zero-order chi connectivity index (χ0) is 19.5. The van der Waals surface area contributed by atoms with E-state index in [1.807, 2.05) is 0 Å². The van der Waals surface area contributed by atoms with Crippen LogP contribution in [0.2, 0.25) is 0 Å². The van der Waals surface area contributed by atoms with Gasteiger partial charge in [0, 0.05) is 17.5 Å². The van der Waals surface area contributed by atoms with Gasteiger partial charge in [0.2, 0.25) is 0 Å². The van der Waals surface area contributed by atoms with Crippen molar-refractivity contribution in [3.05, 3.63) is 80.2 Å². The van der Waals surface area contributed by atoms with Gasteiger partial charge < -0.3 is 4.40 Å². The summed E-state index contributed by atoms with van der Waals surface area (Å²) < 4.78 is 2.33. The van der Waals surface area contributed by atoms with Crippen LogP contribution in [0.4, 0.5) is 0 Å². The van der Waals surface area contributed by atoms with Gasteiger partial charge in [0.25, 0.3) is 0 Å². The van der Waals surface area contributed by atoms with E-state index in [0.717, 1.165) is 5.57 Å². The number of aromatic nitrogens is 1. The van der Waals surface area contributed by atoms with E-state index in [0.29, 0.717) is 0 Å². The molecule has 0 fully saturated rings. The van der Waals surface area contributed by atoms with E-state index < -0.39 is 0 Å². The number of hydrogen-bond donors (Lipinski definition) is 0. The van der Waals surface area contributed by atoms with Gasteiger partial charge in [0.15, 0.2) is 0 Å². The van der Waals surface area contributed by atoms with Crippen molar-refractivity contribution in [3.63, 3.8) is 0 Å². The monoisotopic (exact) mass is 345 g/mol. The summed E-state index contributed by atoms with van der Waals surface area (Å²) in [6.07, 6.45) is 2.20. The first-order valence-corrected chi connectivity index (χ1v) is 9.43. The van der Waals surface area contributed by atoms with E-state index in [4.69, 9.17) is 0 Å². The maximum atomic E-state index is 4.56. The Morgan fingerprint density at radius 2 is 1.12 bits per heavy atom. The van der Waals surface area contributed by atoms with E-state index in [1.165, 1.54) is 66.8 Å². The average Bonchev–Trinajstić information content (AvgIpc) is 3.06. The quantitative estimate of drug-likeness (QED) is 0.482. The van der Waals surface area contributed by atoms with Crippen molar-refractivity contribution in [3.8, 4) is 0 Å². The summed E-state index contributed by atoms with van der Waals surface area (Å²) in [6.45, 7) is 24.6. The van der Waals surface area contributed by atoms with Crippen LogP contribution in [0.3, 0.4) is 0 Å².